The standard InChI is InChI=1S/C19H19N3O4/c1-13(20-17(23)12-25-16-6-4-3-5-7-16)19-21-18(22-26-19)14-8-10-15(24-2)11-9-14/h3-11,13H,12H2,1-2H3,(H,20,23)/t13-/m0/s1. The van der Waals surface area contributed by atoms with E-state index in [-0.39, 0.29) is 12.5 Å². The summed E-state index contributed by atoms with van der Waals surface area (Å²) in [5.74, 6) is 1.88. The molecule has 7 nitrogen and oxygen atoms in total. The van der Waals surface area contributed by atoms with Gasteiger partial charge in [0.2, 0.25) is 11.7 Å². The van der Waals surface area contributed by atoms with E-state index in [2.05, 4.69) is 15.5 Å². The predicted molar refractivity (Wildman–Crippen MR) is 94.8 cm³/mol. The lowest BCUT2D eigenvalue weighted by Crippen LogP contribution is -2.31. The first-order valence-corrected chi connectivity index (χ1v) is 8.11. The smallest absolute Gasteiger partial charge is 0.258 e. The summed E-state index contributed by atoms with van der Waals surface area (Å²) >= 11 is 0. The number of hydrogen-bond donors (Lipinski definition) is 1. The summed E-state index contributed by atoms with van der Waals surface area (Å²) in [7, 11) is 1.60. The zero-order chi connectivity index (χ0) is 18.4. The molecule has 0 saturated heterocycles. The van der Waals surface area contributed by atoms with Gasteiger partial charge in [-0.25, -0.2) is 0 Å². The van der Waals surface area contributed by atoms with Gasteiger partial charge in [0.25, 0.3) is 5.91 Å². The van der Waals surface area contributed by atoms with E-state index in [1.165, 1.54) is 0 Å². The van der Waals surface area contributed by atoms with E-state index in [1.54, 1.807) is 26.2 Å². The molecule has 0 fully saturated rings. The molecule has 0 radical (unpaired) electrons. The molecule has 1 amide bonds. The lowest BCUT2D eigenvalue weighted by molar-refractivity contribution is -0.123. The SMILES string of the molecule is COc1ccc(-c2noc([C@H](C)NC(=O)COc3ccccc3)n2)cc1. The molecule has 0 aliphatic carbocycles. The zero-order valence-electron chi connectivity index (χ0n) is 14.5. The molecule has 0 saturated carbocycles. The molecule has 7 heteroatoms. The number of hydrogen-bond acceptors (Lipinski definition) is 6. The average molecular weight is 353 g/mol. The van der Waals surface area contributed by atoms with Crippen molar-refractivity contribution in [1.82, 2.24) is 15.5 Å². The summed E-state index contributed by atoms with van der Waals surface area (Å²) in [6, 6.07) is 16.0. The van der Waals surface area contributed by atoms with Gasteiger partial charge >= 0.3 is 0 Å². The third-order valence-corrected chi connectivity index (χ3v) is 3.65. The Bertz CT molecular complexity index is 847. The number of nitrogens with zero attached hydrogens (tertiary/aromatic N) is 2. The maximum atomic E-state index is 12.0. The number of para-hydroxylation sites is 1. The number of carbonyl (C=O) groups is 1. The first-order chi connectivity index (χ1) is 12.7. The fourth-order valence-corrected chi connectivity index (χ4v) is 2.28. The molecule has 1 aromatic heterocycles. The van der Waals surface area contributed by atoms with E-state index in [0.29, 0.717) is 17.5 Å². The van der Waals surface area contributed by atoms with Gasteiger partial charge in [-0.15, -0.1) is 0 Å². The van der Waals surface area contributed by atoms with Gasteiger partial charge in [-0.1, -0.05) is 23.4 Å². The molecule has 0 aliphatic heterocycles. The number of rotatable bonds is 7. The van der Waals surface area contributed by atoms with Gasteiger partial charge in [0.1, 0.15) is 17.5 Å². The van der Waals surface area contributed by atoms with Crippen molar-refractivity contribution in [1.29, 1.82) is 0 Å². The molecule has 3 aromatic rings. The Balaban J connectivity index is 1.57. The first-order valence-electron chi connectivity index (χ1n) is 8.11. The molecule has 0 spiro atoms. The minimum Gasteiger partial charge on any atom is -0.497 e. The van der Waals surface area contributed by atoms with Crippen molar-refractivity contribution in [3.05, 3.63) is 60.5 Å². The zero-order valence-corrected chi connectivity index (χ0v) is 14.5. The lowest BCUT2D eigenvalue weighted by atomic mass is 10.2. The molecule has 3 rings (SSSR count). The first kappa shape index (κ1) is 17.5. The number of ether oxygens (including phenoxy) is 2. The van der Waals surface area contributed by atoms with Gasteiger partial charge in [0, 0.05) is 5.56 Å². The van der Waals surface area contributed by atoms with Crippen LogP contribution in [0, 0.1) is 0 Å². The van der Waals surface area contributed by atoms with Gasteiger partial charge < -0.3 is 19.3 Å². The largest absolute Gasteiger partial charge is 0.497 e. The van der Waals surface area contributed by atoms with E-state index in [4.69, 9.17) is 14.0 Å². The van der Waals surface area contributed by atoms with Crippen molar-refractivity contribution < 1.29 is 18.8 Å². The van der Waals surface area contributed by atoms with Crippen molar-refractivity contribution in [2.75, 3.05) is 13.7 Å². The molecule has 0 bridgehead atoms. The summed E-state index contributed by atoms with van der Waals surface area (Å²) in [6.07, 6.45) is 0. The Hall–Kier alpha value is -3.35. The number of carbonyl (C=O) groups excluding carboxylic acids is 1. The van der Waals surface area contributed by atoms with Crippen LogP contribution >= 0.6 is 0 Å². The molecule has 2 aromatic carbocycles. The summed E-state index contributed by atoms with van der Waals surface area (Å²) in [4.78, 5) is 16.3. The highest BCUT2D eigenvalue weighted by Gasteiger charge is 2.17. The van der Waals surface area contributed by atoms with Crippen LogP contribution < -0.4 is 14.8 Å². The molecule has 134 valence electrons. The van der Waals surface area contributed by atoms with E-state index in [0.717, 1.165) is 11.3 Å². The summed E-state index contributed by atoms with van der Waals surface area (Å²) in [5, 5.41) is 6.72. The fraction of sp³-hybridized carbons (Fsp3) is 0.211. The molecule has 0 aliphatic rings. The topological polar surface area (TPSA) is 86.5 Å². The third kappa shape index (κ3) is 4.38. The molecule has 26 heavy (non-hydrogen) atoms. The second-order valence-corrected chi connectivity index (χ2v) is 5.58. The number of amides is 1. The quantitative estimate of drug-likeness (QED) is 0.703. The maximum Gasteiger partial charge on any atom is 0.258 e. The minimum absolute atomic E-state index is 0.0895. The number of nitrogens with one attached hydrogen (secondary N) is 1. The number of benzene rings is 2. The molecular formula is C19H19N3O4. The molecule has 1 atom stereocenters. The highest BCUT2D eigenvalue weighted by atomic mass is 16.5. The van der Waals surface area contributed by atoms with Gasteiger partial charge in [0.05, 0.1) is 7.11 Å². The summed E-state index contributed by atoms with van der Waals surface area (Å²) < 4.78 is 15.8. The Morgan fingerprint density at radius 3 is 2.54 bits per heavy atom. The highest BCUT2D eigenvalue weighted by Crippen LogP contribution is 2.21. The van der Waals surface area contributed by atoms with Crippen LogP contribution in [0.3, 0.4) is 0 Å². The van der Waals surface area contributed by atoms with Crippen LogP contribution in [0.2, 0.25) is 0 Å². The Kier molecular flexibility index (Phi) is 5.48. The minimum atomic E-state index is -0.429. The monoisotopic (exact) mass is 353 g/mol. The highest BCUT2D eigenvalue weighted by molar-refractivity contribution is 5.77. The molecule has 0 unspecified atom stereocenters. The fourth-order valence-electron chi connectivity index (χ4n) is 2.28. The second-order valence-electron chi connectivity index (χ2n) is 5.58. The van der Waals surface area contributed by atoms with E-state index < -0.39 is 6.04 Å². The van der Waals surface area contributed by atoms with Crippen LogP contribution in [0.15, 0.2) is 59.1 Å². The van der Waals surface area contributed by atoms with E-state index in [1.807, 2.05) is 42.5 Å². The Morgan fingerprint density at radius 2 is 1.85 bits per heavy atom. The maximum absolute atomic E-state index is 12.0. The van der Waals surface area contributed by atoms with Crippen molar-refractivity contribution in [2.24, 2.45) is 0 Å². The van der Waals surface area contributed by atoms with Crippen LogP contribution in [0.25, 0.3) is 11.4 Å². The second kappa shape index (κ2) is 8.15. The van der Waals surface area contributed by atoms with Gasteiger partial charge in [-0.05, 0) is 43.3 Å². The normalized spacial score (nSPS) is 11.6. The van der Waals surface area contributed by atoms with Crippen LogP contribution in [0.5, 0.6) is 11.5 Å². The van der Waals surface area contributed by atoms with Gasteiger partial charge in [-0.3, -0.25) is 4.79 Å². The van der Waals surface area contributed by atoms with Crippen LogP contribution in [0.1, 0.15) is 18.9 Å². The van der Waals surface area contributed by atoms with Gasteiger partial charge in [-0.2, -0.15) is 4.98 Å². The Morgan fingerprint density at radius 1 is 1.12 bits per heavy atom. The summed E-state index contributed by atoms with van der Waals surface area (Å²) in [6.45, 7) is 1.68. The average Bonchev–Trinajstić information content (AvgIpc) is 3.18. The Labute approximate surface area is 150 Å². The van der Waals surface area contributed by atoms with Crippen LogP contribution in [0.4, 0.5) is 0 Å². The summed E-state index contributed by atoms with van der Waals surface area (Å²) in [5.41, 5.74) is 0.798. The predicted octanol–water partition coefficient (Wildman–Crippen LogP) is 3.00. The molecular weight excluding hydrogens is 334 g/mol. The van der Waals surface area contributed by atoms with Crippen molar-refractivity contribution in [2.45, 2.75) is 13.0 Å². The number of aromatic nitrogens is 2. The van der Waals surface area contributed by atoms with E-state index >= 15 is 0 Å². The number of methoxy groups -OCH3 is 1. The van der Waals surface area contributed by atoms with Crippen LogP contribution in [-0.4, -0.2) is 29.8 Å². The van der Waals surface area contributed by atoms with Crippen molar-refractivity contribution >= 4 is 5.91 Å². The van der Waals surface area contributed by atoms with Crippen molar-refractivity contribution in [3.63, 3.8) is 0 Å². The van der Waals surface area contributed by atoms with E-state index in [9.17, 15) is 4.79 Å². The lowest BCUT2D eigenvalue weighted by Gasteiger charge is -2.10. The van der Waals surface area contributed by atoms with Crippen LogP contribution in [-0.2, 0) is 4.79 Å². The van der Waals surface area contributed by atoms with Crippen molar-refractivity contribution in [3.8, 4) is 22.9 Å². The van der Waals surface area contributed by atoms with Gasteiger partial charge in [0.15, 0.2) is 6.61 Å². The third-order valence-electron chi connectivity index (χ3n) is 3.65. The molecule has 1 heterocycles. The molecule has 1 N–H and O–H groups in total.